The highest BCUT2D eigenvalue weighted by molar-refractivity contribution is 5.97. The monoisotopic (exact) mass is 253 g/mol. The van der Waals surface area contributed by atoms with Crippen LogP contribution in [0, 0.1) is 0 Å². The van der Waals surface area contributed by atoms with Crippen molar-refractivity contribution in [2.75, 3.05) is 20.2 Å². The number of amides is 1. The number of hydrogen-bond acceptors (Lipinski definition) is 4. The molecule has 0 saturated heterocycles. The van der Waals surface area contributed by atoms with Crippen LogP contribution in [0.1, 0.15) is 24.2 Å². The van der Waals surface area contributed by atoms with Crippen molar-refractivity contribution >= 4 is 5.91 Å². The van der Waals surface area contributed by atoms with E-state index in [-0.39, 0.29) is 29.1 Å². The third-order valence-electron chi connectivity index (χ3n) is 2.47. The molecule has 1 amide bonds. The SMILES string of the molecule is CC(C)OCCN(C)C(=O)c1cccc(O)c1O. The van der Waals surface area contributed by atoms with Crippen molar-refractivity contribution in [2.24, 2.45) is 0 Å². The summed E-state index contributed by atoms with van der Waals surface area (Å²) in [5.74, 6) is -1.04. The molecule has 1 rings (SSSR count). The molecule has 5 nitrogen and oxygen atoms in total. The average molecular weight is 253 g/mol. The number of carbonyl (C=O) groups is 1. The normalized spacial score (nSPS) is 10.7. The number of phenolic OH excluding ortho intramolecular Hbond substituents is 2. The van der Waals surface area contributed by atoms with Gasteiger partial charge in [-0.25, -0.2) is 0 Å². The highest BCUT2D eigenvalue weighted by Crippen LogP contribution is 2.28. The minimum Gasteiger partial charge on any atom is -0.504 e. The third kappa shape index (κ3) is 3.63. The van der Waals surface area contributed by atoms with Crippen LogP contribution in [0.15, 0.2) is 18.2 Å². The van der Waals surface area contributed by atoms with Crippen LogP contribution in [0.3, 0.4) is 0 Å². The number of likely N-dealkylation sites (N-methyl/N-ethyl adjacent to an activating group) is 1. The van der Waals surface area contributed by atoms with Gasteiger partial charge in [-0.05, 0) is 26.0 Å². The molecule has 0 atom stereocenters. The van der Waals surface area contributed by atoms with Crippen LogP contribution < -0.4 is 0 Å². The summed E-state index contributed by atoms with van der Waals surface area (Å²) >= 11 is 0. The van der Waals surface area contributed by atoms with Crippen LogP contribution >= 0.6 is 0 Å². The number of para-hydroxylation sites is 1. The number of carbonyl (C=O) groups excluding carboxylic acids is 1. The number of ether oxygens (including phenoxy) is 1. The van der Waals surface area contributed by atoms with E-state index in [1.807, 2.05) is 13.8 Å². The van der Waals surface area contributed by atoms with E-state index in [2.05, 4.69) is 0 Å². The Morgan fingerprint density at radius 2 is 2.06 bits per heavy atom. The van der Waals surface area contributed by atoms with Gasteiger partial charge in [0.25, 0.3) is 5.91 Å². The first-order chi connectivity index (χ1) is 8.43. The second-order valence-corrected chi connectivity index (χ2v) is 4.32. The molecule has 100 valence electrons. The minimum absolute atomic E-state index is 0.0852. The molecule has 0 aliphatic heterocycles. The summed E-state index contributed by atoms with van der Waals surface area (Å²) in [7, 11) is 1.62. The number of aromatic hydroxyl groups is 2. The molecule has 1 aromatic rings. The lowest BCUT2D eigenvalue weighted by Gasteiger charge is -2.18. The fraction of sp³-hybridized carbons (Fsp3) is 0.462. The number of rotatable bonds is 5. The molecule has 1 aromatic carbocycles. The lowest BCUT2D eigenvalue weighted by atomic mass is 10.1. The van der Waals surface area contributed by atoms with Gasteiger partial charge in [-0.15, -0.1) is 0 Å². The number of nitrogens with zero attached hydrogens (tertiary/aromatic N) is 1. The van der Waals surface area contributed by atoms with Gasteiger partial charge in [-0.2, -0.15) is 0 Å². The molecule has 18 heavy (non-hydrogen) atoms. The van der Waals surface area contributed by atoms with E-state index >= 15 is 0 Å². The van der Waals surface area contributed by atoms with E-state index in [0.29, 0.717) is 13.2 Å². The van der Waals surface area contributed by atoms with Crippen LogP contribution in [-0.2, 0) is 4.74 Å². The molecular weight excluding hydrogens is 234 g/mol. The van der Waals surface area contributed by atoms with Crippen molar-refractivity contribution in [3.63, 3.8) is 0 Å². The van der Waals surface area contributed by atoms with Crippen molar-refractivity contribution in [3.05, 3.63) is 23.8 Å². The minimum atomic E-state index is -0.390. The molecule has 0 aliphatic carbocycles. The molecule has 2 N–H and O–H groups in total. The maximum atomic E-state index is 12.0. The van der Waals surface area contributed by atoms with E-state index in [9.17, 15) is 15.0 Å². The van der Waals surface area contributed by atoms with Crippen LogP contribution in [0.2, 0.25) is 0 Å². The van der Waals surface area contributed by atoms with E-state index in [1.165, 1.54) is 23.1 Å². The molecule has 0 radical (unpaired) electrons. The lowest BCUT2D eigenvalue weighted by molar-refractivity contribution is 0.0530. The summed E-state index contributed by atoms with van der Waals surface area (Å²) in [5, 5.41) is 18.9. The quantitative estimate of drug-likeness (QED) is 0.782. The maximum Gasteiger partial charge on any atom is 0.257 e. The van der Waals surface area contributed by atoms with Crippen molar-refractivity contribution in [3.8, 4) is 11.5 Å². The summed E-state index contributed by atoms with van der Waals surface area (Å²) in [5.41, 5.74) is 0.0852. The molecule has 0 heterocycles. The van der Waals surface area contributed by atoms with Gasteiger partial charge < -0.3 is 19.8 Å². The Bertz CT molecular complexity index is 417. The Balaban J connectivity index is 2.66. The molecule has 0 aromatic heterocycles. The first-order valence-electron chi connectivity index (χ1n) is 5.81. The van der Waals surface area contributed by atoms with Gasteiger partial charge in [0.05, 0.1) is 18.3 Å². The Morgan fingerprint density at radius 3 is 2.67 bits per heavy atom. The van der Waals surface area contributed by atoms with Gasteiger partial charge in [-0.1, -0.05) is 6.07 Å². The molecule has 0 unspecified atom stereocenters. The predicted molar refractivity (Wildman–Crippen MR) is 67.8 cm³/mol. The van der Waals surface area contributed by atoms with Crippen molar-refractivity contribution in [1.82, 2.24) is 4.90 Å². The molecule has 5 heteroatoms. The summed E-state index contributed by atoms with van der Waals surface area (Å²) in [4.78, 5) is 13.4. The molecule has 0 fully saturated rings. The molecule has 0 spiro atoms. The fourth-order valence-corrected chi connectivity index (χ4v) is 1.44. The highest BCUT2D eigenvalue weighted by atomic mass is 16.5. The smallest absolute Gasteiger partial charge is 0.257 e. The van der Waals surface area contributed by atoms with Crippen molar-refractivity contribution in [2.45, 2.75) is 20.0 Å². The summed E-state index contributed by atoms with van der Waals surface area (Å²) in [6, 6.07) is 4.31. The first kappa shape index (κ1) is 14.3. The average Bonchev–Trinajstić information content (AvgIpc) is 2.31. The summed E-state index contributed by atoms with van der Waals surface area (Å²) < 4.78 is 5.35. The van der Waals surface area contributed by atoms with Gasteiger partial charge >= 0.3 is 0 Å². The van der Waals surface area contributed by atoms with Crippen LogP contribution in [0.4, 0.5) is 0 Å². The van der Waals surface area contributed by atoms with Crippen LogP contribution in [0.25, 0.3) is 0 Å². The zero-order chi connectivity index (χ0) is 13.7. The standard InChI is InChI=1S/C13H19NO4/c1-9(2)18-8-7-14(3)13(17)10-5-4-6-11(15)12(10)16/h4-6,9,15-16H,7-8H2,1-3H3. The van der Waals surface area contributed by atoms with E-state index in [1.54, 1.807) is 7.05 Å². The van der Waals surface area contributed by atoms with E-state index in [0.717, 1.165) is 0 Å². The third-order valence-corrected chi connectivity index (χ3v) is 2.47. The van der Waals surface area contributed by atoms with Gasteiger partial charge in [-0.3, -0.25) is 4.79 Å². The van der Waals surface area contributed by atoms with Gasteiger partial charge in [0.2, 0.25) is 0 Å². The second-order valence-electron chi connectivity index (χ2n) is 4.32. The molecule has 0 bridgehead atoms. The van der Waals surface area contributed by atoms with Crippen molar-refractivity contribution in [1.29, 1.82) is 0 Å². The van der Waals surface area contributed by atoms with E-state index in [4.69, 9.17) is 4.74 Å². The highest BCUT2D eigenvalue weighted by Gasteiger charge is 2.17. The summed E-state index contributed by atoms with van der Waals surface area (Å²) in [6.07, 6.45) is 0.114. The topological polar surface area (TPSA) is 70.0 Å². The van der Waals surface area contributed by atoms with Gasteiger partial charge in [0.1, 0.15) is 0 Å². The lowest BCUT2D eigenvalue weighted by Crippen LogP contribution is -2.30. The fourth-order valence-electron chi connectivity index (χ4n) is 1.44. The second kappa shape index (κ2) is 6.26. The van der Waals surface area contributed by atoms with Crippen LogP contribution in [0.5, 0.6) is 11.5 Å². The maximum absolute atomic E-state index is 12.0. The largest absolute Gasteiger partial charge is 0.504 e. The Hall–Kier alpha value is -1.75. The number of hydrogen-bond donors (Lipinski definition) is 2. The van der Waals surface area contributed by atoms with E-state index < -0.39 is 0 Å². The molecular formula is C13H19NO4. The molecule has 0 saturated carbocycles. The first-order valence-corrected chi connectivity index (χ1v) is 5.81. The zero-order valence-corrected chi connectivity index (χ0v) is 10.9. The number of benzene rings is 1. The Kier molecular flexibility index (Phi) is 4.97. The zero-order valence-electron chi connectivity index (χ0n) is 10.9. The van der Waals surface area contributed by atoms with Gasteiger partial charge in [0.15, 0.2) is 11.5 Å². The van der Waals surface area contributed by atoms with Crippen molar-refractivity contribution < 1.29 is 19.7 Å². The Labute approximate surface area is 107 Å². The predicted octanol–water partition coefficient (Wildman–Crippen LogP) is 1.59. The summed E-state index contributed by atoms with van der Waals surface area (Å²) in [6.45, 7) is 4.69. The Morgan fingerprint density at radius 1 is 1.39 bits per heavy atom. The number of phenols is 2. The van der Waals surface area contributed by atoms with Gasteiger partial charge in [0, 0.05) is 13.6 Å². The molecule has 0 aliphatic rings. The van der Waals surface area contributed by atoms with Crippen LogP contribution in [-0.4, -0.2) is 47.3 Å².